The molecule has 0 atom stereocenters. The van der Waals surface area contributed by atoms with Gasteiger partial charge in [-0.1, -0.05) is 25.3 Å². The number of aromatic nitrogens is 1. The molecule has 32 heavy (non-hydrogen) atoms. The zero-order valence-corrected chi connectivity index (χ0v) is 17.7. The number of nitrogens with one attached hydrogen (secondary N) is 1. The fourth-order valence-electron chi connectivity index (χ4n) is 3.45. The highest BCUT2D eigenvalue weighted by Gasteiger charge is 2.18. The Labute approximate surface area is 185 Å². The number of rotatable bonds is 8. The molecule has 9 heteroatoms. The lowest BCUT2D eigenvalue weighted by molar-refractivity contribution is -0.385. The second kappa shape index (κ2) is 10.9. The lowest BCUT2D eigenvalue weighted by atomic mass is 9.95. The van der Waals surface area contributed by atoms with Crippen molar-refractivity contribution in [2.45, 2.75) is 45.1 Å². The molecule has 0 radical (unpaired) electrons. The molecule has 1 aromatic carbocycles. The molecular weight excluding hydrogens is 412 g/mol. The lowest BCUT2D eigenvalue weighted by Gasteiger charge is -2.22. The van der Waals surface area contributed by atoms with Crippen LogP contribution >= 0.6 is 0 Å². The van der Waals surface area contributed by atoms with Crippen LogP contribution in [0.1, 0.15) is 44.6 Å². The van der Waals surface area contributed by atoms with Gasteiger partial charge in [-0.15, -0.1) is 0 Å². The van der Waals surface area contributed by atoms with E-state index in [-0.39, 0.29) is 29.1 Å². The van der Waals surface area contributed by atoms with Gasteiger partial charge in [0.25, 0.3) is 11.6 Å². The zero-order valence-electron chi connectivity index (χ0n) is 17.7. The Balaban J connectivity index is 1.78. The van der Waals surface area contributed by atoms with Crippen molar-refractivity contribution >= 4 is 17.7 Å². The molecule has 1 aliphatic rings. The van der Waals surface area contributed by atoms with E-state index in [2.05, 4.69) is 10.3 Å². The monoisotopic (exact) mass is 436 g/mol. The largest absolute Gasteiger partial charge is 0.490 e. The van der Waals surface area contributed by atoms with Crippen molar-refractivity contribution in [2.75, 3.05) is 6.61 Å². The Hall–Kier alpha value is -3.93. The van der Waals surface area contributed by atoms with E-state index in [0.29, 0.717) is 23.7 Å². The Morgan fingerprint density at radius 1 is 1.28 bits per heavy atom. The highest BCUT2D eigenvalue weighted by atomic mass is 16.6. The average Bonchev–Trinajstić information content (AvgIpc) is 2.80. The van der Waals surface area contributed by atoms with Crippen LogP contribution < -0.4 is 14.8 Å². The number of nitriles is 1. The normalized spacial score (nSPS) is 14.3. The summed E-state index contributed by atoms with van der Waals surface area (Å²) in [6.07, 6.45) is 7.82. The Morgan fingerprint density at radius 2 is 2.06 bits per heavy atom. The number of carbonyl (C=O) groups excluding carboxylic acids is 1. The zero-order chi connectivity index (χ0) is 22.9. The number of hydrogen-bond donors (Lipinski definition) is 1. The van der Waals surface area contributed by atoms with Gasteiger partial charge in [-0.25, -0.2) is 4.98 Å². The van der Waals surface area contributed by atoms with Crippen molar-refractivity contribution in [2.24, 2.45) is 0 Å². The molecule has 1 aromatic heterocycles. The highest BCUT2D eigenvalue weighted by molar-refractivity contribution is 6.01. The van der Waals surface area contributed by atoms with Gasteiger partial charge in [0.2, 0.25) is 5.88 Å². The summed E-state index contributed by atoms with van der Waals surface area (Å²) in [6, 6.07) is 9.75. The van der Waals surface area contributed by atoms with Crippen LogP contribution in [0.4, 0.5) is 5.69 Å². The third kappa shape index (κ3) is 6.04. The van der Waals surface area contributed by atoms with Crippen LogP contribution in [-0.2, 0) is 4.79 Å². The summed E-state index contributed by atoms with van der Waals surface area (Å²) in [7, 11) is 0. The first-order chi connectivity index (χ1) is 15.5. The molecule has 2 aromatic rings. The van der Waals surface area contributed by atoms with E-state index in [0.717, 1.165) is 31.9 Å². The molecule has 0 spiro atoms. The van der Waals surface area contributed by atoms with Gasteiger partial charge in [0, 0.05) is 18.2 Å². The predicted molar refractivity (Wildman–Crippen MR) is 117 cm³/mol. The van der Waals surface area contributed by atoms with Gasteiger partial charge < -0.3 is 14.8 Å². The van der Waals surface area contributed by atoms with Crippen molar-refractivity contribution in [1.29, 1.82) is 5.26 Å². The van der Waals surface area contributed by atoms with E-state index < -0.39 is 4.92 Å². The average molecular weight is 436 g/mol. The van der Waals surface area contributed by atoms with E-state index in [4.69, 9.17) is 9.47 Å². The Morgan fingerprint density at radius 3 is 2.69 bits per heavy atom. The summed E-state index contributed by atoms with van der Waals surface area (Å²) in [5, 5.41) is 23.2. The Kier molecular flexibility index (Phi) is 7.75. The first-order valence-electron chi connectivity index (χ1n) is 10.5. The molecule has 0 unspecified atom stereocenters. The summed E-state index contributed by atoms with van der Waals surface area (Å²) in [5.41, 5.74) is 0.481. The van der Waals surface area contributed by atoms with Crippen molar-refractivity contribution < 1.29 is 19.2 Å². The molecule has 0 bridgehead atoms. The fourth-order valence-corrected chi connectivity index (χ4v) is 3.45. The summed E-state index contributed by atoms with van der Waals surface area (Å²) < 4.78 is 11.3. The molecule has 3 rings (SSSR count). The molecule has 1 heterocycles. The van der Waals surface area contributed by atoms with E-state index in [1.54, 1.807) is 18.2 Å². The van der Waals surface area contributed by atoms with E-state index >= 15 is 0 Å². The molecule has 1 saturated carbocycles. The summed E-state index contributed by atoms with van der Waals surface area (Å²) in [4.78, 5) is 26.7. The van der Waals surface area contributed by atoms with Crippen LogP contribution in [0.25, 0.3) is 6.08 Å². The summed E-state index contributed by atoms with van der Waals surface area (Å²) in [5.74, 6) is 0.541. The number of benzene rings is 1. The molecule has 0 aliphatic heterocycles. The number of nitrogens with zero attached hydrogens (tertiary/aromatic N) is 3. The minimum absolute atomic E-state index is 0.0173. The highest BCUT2D eigenvalue weighted by Crippen LogP contribution is 2.33. The number of nitro groups is 1. The maximum absolute atomic E-state index is 12.5. The molecule has 9 nitrogen and oxygen atoms in total. The first-order valence-corrected chi connectivity index (χ1v) is 10.5. The molecule has 1 fully saturated rings. The molecule has 166 valence electrons. The predicted octanol–water partition coefficient (Wildman–Crippen LogP) is 4.54. The number of ether oxygens (including phenoxy) is 2. The maximum atomic E-state index is 12.5. The lowest BCUT2D eigenvalue weighted by Crippen LogP contribution is -2.36. The second-order valence-corrected chi connectivity index (χ2v) is 7.33. The van der Waals surface area contributed by atoms with Crippen molar-refractivity contribution in [3.8, 4) is 23.4 Å². The fraction of sp³-hybridized carbons (Fsp3) is 0.348. The molecular formula is C23H24N4O5. The van der Waals surface area contributed by atoms with Crippen molar-refractivity contribution in [1.82, 2.24) is 10.3 Å². The van der Waals surface area contributed by atoms with Crippen LogP contribution in [-0.4, -0.2) is 28.5 Å². The minimum Gasteiger partial charge on any atom is -0.490 e. The van der Waals surface area contributed by atoms with Gasteiger partial charge in [0.15, 0.2) is 11.5 Å². The second-order valence-electron chi connectivity index (χ2n) is 7.33. The van der Waals surface area contributed by atoms with Gasteiger partial charge in [0.1, 0.15) is 17.8 Å². The number of hydrogen-bond acceptors (Lipinski definition) is 7. The van der Waals surface area contributed by atoms with Gasteiger partial charge in [0.05, 0.1) is 11.5 Å². The third-order valence-electron chi connectivity index (χ3n) is 5.03. The van der Waals surface area contributed by atoms with Crippen LogP contribution in [0.5, 0.6) is 17.4 Å². The maximum Gasteiger partial charge on any atom is 0.287 e. The molecule has 0 saturated heterocycles. The molecule has 1 N–H and O–H groups in total. The van der Waals surface area contributed by atoms with Crippen LogP contribution in [0, 0.1) is 21.4 Å². The smallest absolute Gasteiger partial charge is 0.287 e. The van der Waals surface area contributed by atoms with Crippen molar-refractivity contribution in [3.05, 3.63) is 57.8 Å². The topological polar surface area (TPSA) is 127 Å². The van der Waals surface area contributed by atoms with Crippen LogP contribution in [0.3, 0.4) is 0 Å². The first kappa shape index (κ1) is 22.7. The summed E-state index contributed by atoms with van der Waals surface area (Å²) in [6.45, 7) is 2.18. The third-order valence-corrected chi connectivity index (χ3v) is 5.03. The van der Waals surface area contributed by atoms with Gasteiger partial charge in [-0.05, 0) is 43.5 Å². The van der Waals surface area contributed by atoms with E-state index in [9.17, 15) is 20.2 Å². The van der Waals surface area contributed by atoms with Crippen LogP contribution in [0.2, 0.25) is 0 Å². The van der Waals surface area contributed by atoms with E-state index in [1.807, 2.05) is 13.0 Å². The number of carbonyl (C=O) groups is 1. The van der Waals surface area contributed by atoms with Gasteiger partial charge >= 0.3 is 0 Å². The minimum atomic E-state index is -0.541. The molecule has 1 aliphatic carbocycles. The number of amides is 1. The van der Waals surface area contributed by atoms with Crippen molar-refractivity contribution in [3.63, 3.8) is 0 Å². The SMILES string of the molecule is CCOc1cc(/C=C(/C#N)C(=O)NC2CCCCC2)ccc1Oc1ccc([N+](=O)[O-])cn1. The number of pyridine rings is 1. The van der Waals surface area contributed by atoms with E-state index in [1.165, 1.54) is 24.6 Å². The standard InChI is InChI=1S/C23H24N4O5/c1-2-31-21-13-16(12-17(14-24)23(28)26-18-6-4-3-5-7-18)8-10-20(21)32-22-11-9-19(15-25-22)27(29)30/h8-13,15,18H,2-7H2,1H3,(H,26,28)/b17-12-. The van der Waals surface area contributed by atoms with Gasteiger partial charge in [-0.2, -0.15) is 5.26 Å². The van der Waals surface area contributed by atoms with Crippen LogP contribution in [0.15, 0.2) is 42.1 Å². The Bertz CT molecular complexity index is 1040. The van der Waals surface area contributed by atoms with Gasteiger partial charge in [-0.3, -0.25) is 14.9 Å². The molecule has 1 amide bonds. The quantitative estimate of drug-likeness (QED) is 0.278. The summed E-state index contributed by atoms with van der Waals surface area (Å²) >= 11 is 0.